The lowest BCUT2D eigenvalue weighted by Gasteiger charge is -2.18. The molecular weight excluding hydrogens is 190 g/mol. The molecule has 2 fully saturated rings. The first-order valence-electron chi connectivity index (χ1n) is 5.37. The van der Waals surface area contributed by atoms with Gasteiger partial charge in [0.15, 0.2) is 0 Å². The zero-order valence-electron chi connectivity index (χ0n) is 8.60. The summed E-state index contributed by atoms with van der Waals surface area (Å²) in [6.07, 6.45) is 1.72. The van der Waals surface area contributed by atoms with Crippen LogP contribution < -0.4 is 10.6 Å². The Hall–Kier alpha value is -1.29. The van der Waals surface area contributed by atoms with Crippen molar-refractivity contribution in [3.05, 3.63) is 18.3 Å². The smallest absolute Gasteiger partial charge is 0.128 e. The second-order valence-electron chi connectivity index (χ2n) is 4.41. The molecule has 1 aromatic heterocycles. The lowest BCUT2D eigenvalue weighted by Crippen LogP contribution is -2.23. The van der Waals surface area contributed by atoms with Crippen LogP contribution in [0.2, 0.25) is 0 Å². The maximum Gasteiger partial charge on any atom is 0.128 e. The largest absolute Gasteiger partial charge is 0.397 e. The van der Waals surface area contributed by atoms with Gasteiger partial charge in [0.05, 0.1) is 25.1 Å². The summed E-state index contributed by atoms with van der Waals surface area (Å²) in [5, 5.41) is 0. The molecule has 3 heterocycles. The number of hydrogen-bond acceptors (Lipinski definition) is 4. The van der Waals surface area contributed by atoms with E-state index in [4.69, 9.17) is 10.5 Å². The van der Waals surface area contributed by atoms with Gasteiger partial charge in [0, 0.05) is 24.9 Å². The molecule has 0 radical (unpaired) electrons. The molecule has 2 aliphatic rings. The molecule has 0 saturated carbocycles. The maximum atomic E-state index is 5.62. The molecule has 3 rings (SSSR count). The standard InChI is InChI=1S/C11H15N3O/c12-10-1-2-11(13-3-10)14-4-8-6-15-7-9(8)5-14/h1-3,8-9H,4-7,12H2/t8-,9+. The lowest BCUT2D eigenvalue weighted by atomic mass is 10.0. The van der Waals surface area contributed by atoms with Crippen molar-refractivity contribution in [1.29, 1.82) is 0 Å². The number of nitrogens with zero attached hydrogens (tertiary/aromatic N) is 2. The maximum absolute atomic E-state index is 5.62. The summed E-state index contributed by atoms with van der Waals surface area (Å²) in [4.78, 5) is 6.68. The SMILES string of the molecule is Nc1ccc(N2C[C@H]3COC[C@H]3C2)nc1. The summed E-state index contributed by atoms with van der Waals surface area (Å²) in [6, 6.07) is 3.91. The van der Waals surface area contributed by atoms with Gasteiger partial charge in [0.1, 0.15) is 5.82 Å². The summed E-state index contributed by atoms with van der Waals surface area (Å²) >= 11 is 0. The monoisotopic (exact) mass is 205 g/mol. The van der Waals surface area contributed by atoms with E-state index in [1.807, 2.05) is 12.1 Å². The number of pyridine rings is 1. The van der Waals surface area contributed by atoms with Crippen LogP contribution in [0.15, 0.2) is 18.3 Å². The average molecular weight is 205 g/mol. The Bertz CT molecular complexity index is 339. The number of anilines is 2. The highest BCUT2D eigenvalue weighted by molar-refractivity contribution is 5.46. The molecule has 0 bridgehead atoms. The van der Waals surface area contributed by atoms with Gasteiger partial charge < -0.3 is 15.4 Å². The molecular formula is C11H15N3O. The minimum absolute atomic E-state index is 0.698. The quantitative estimate of drug-likeness (QED) is 0.735. The zero-order valence-corrected chi connectivity index (χ0v) is 8.60. The van der Waals surface area contributed by atoms with Gasteiger partial charge in [-0.15, -0.1) is 0 Å². The first kappa shape index (κ1) is 8.97. The number of nitrogen functional groups attached to an aromatic ring is 1. The number of ether oxygens (including phenoxy) is 1. The molecule has 80 valence electrons. The normalized spacial score (nSPS) is 29.5. The van der Waals surface area contributed by atoms with Gasteiger partial charge in [-0.25, -0.2) is 4.98 Å². The van der Waals surface area contributed by atoms with E-state index in [-0.39, 0.29) is 0 Å². The first-order valence-corrected chi connectivity index (χ1v) is 5.37. The molecule has 0 spiro atoms. The fourth-order valence-electron chi connectivity index (χ4n) is 2.46. The van der Waals surface area contributed by atoms with Crippen molar-refractivity contribution < 1.29 is 4.74 Å². The fourth-order valence-corrected chi connectivity index (χ4v) is 2.46. The van der Waals surface area contributed by atoms with Gasteiger partial charge in [-0.2, -0.15) is 0 Å². The molecule has 1 aromatic rings. The number of nitrogens with two attached hydrogens (primary N) is 1. The molecule has 4 heteroatoms. The molecule has 2 atom stereocenters. The third-order valence-corrected chi connectivity index (χ3v) is 3.34. The topological polar surface area (TPSA) is 51.4 Å². The Balaban J connectivity index is 1.76. The molecule has 0 amide bonds. The van der Waals surface area contributed by atoms with Crippen molar-refractivity contribution in [1.82, 2.24) is 4.98 Å². The van der Waals surface area contributed by atoms with Crippen molar-refractivity contribution in [2.45, 2.75) is 0 Å². The van der Waals surface area contributed by atoms with Gasteiger partial charge >= 0.3 is 0 Å². The Kier molecular flexibility index (Phi) is 2.02. The van der Waals surface area contributed by atoms with Crippen LogP contribution in [-0.2, 0) is 4.74 Å². The highest BCUT2D eigenvalue weighted by Gasteiger charge is 2.37. The van der Waals surface area contributed by atoms with Crippen molar-refractivity contribution in [3.63, 3.8) is 0 Å². The molecule has 2 N–H and O–H groups in total. The molecule has 0 aliphatic carbocycles. The number of hydrogen-bond donors (Lipinski definition) is 1. The Labute approximate surface area is 89.0 Å². The molecule has 0 aromatic carbocycles. The van der Waals surface area contributed by atoms with Crippen LogP contribution in [0.1, 0.15) is 0 Å². The fraction of sp³-hybridized carbons (Fsp3) is 0.545. The van der Waals surface area contributed by atoms with Crippen LogP contribution >= 0.6 is 0 Å². The second-order valence-corrected chi connectivity index (χ2v) is 4.41. The van der Waals surface area contributed by atoms with Crippen LogP contribution in [0, 0.1) is 11.8 Å². The summed E-state index contributed by atoms with van der Waals surface area (Å²) in [5.74, 6) is 2.44. The molecule has 4 nitrogen and oxygen atoms in total. The van der Waals surface area contributed by atoms with Gasteiger partial charge in [-0.1, -0.05) is 0 Å². The van der Waals surface area contributed by atoms with Crippen molar-refractivity contribution in [2.75, 3.05) is 36.9 Å². The molecule has 15 heavy (non-hydrogen) atoms. The predicted molar refractivity (Wildman–Crippen MR) is 58.7 cm³/mol. The van der Waals surface area contributed by atoms with Crippen LogP contribution in [-0.4, -0.2) is 31.3 Å². The summed E-state index contributed by atoms with van der Waals surface area (Å²) < 4.78 is 5.45. The van der Waals surface area contributed by atoms with Crippen molar-refractivity contribution in [3.8, 4) is 0 Å². The van der Waals surface area contributed by atoms with Gasteiger partial charge in [0.2, 0.25) is 0 Å². The first-order chi connectivity index (χ1) is 7.33. The summed E-state index contributed by atoms with van der Waals surface area (Å²) in [7, 11) is 0. The number of rotatable bonds is 1. The van der Waals surface area contributed by atoms with Gasteiger partial charge in [-0.3, -0.25) is 0 Å². The van der Waals surface area contributed by atoms with Gasteiger partial charge in [0.25, 0.3) is 0 Å². The predicted octanol–water partition coefficient (Wildman–Crippen LogP) is 0.746. The average Bonchev–Trinajstić information content (AvgIpc) is 2.78. The number of fused-ring (bicyclic) bond motifs is 1. The van der Waals surface area contributed by atoms with Crippen molar-refractivity contribution >= 4 is 11.5 Å². The van der Waals surface area contributed by atoms with E-state index in [1.54, 1.807) is 6.20 Å². The second kappa shape index (κ2) is 3.38. The molecule has 0 unspecified atom stereocenters. The van der Waals surface area contributed by atoms with E-state index >= 15 is 0 Å². The minimum atomic E-state index is 0.698. The summed E-state index contributed by atoms with van der Waals surface area (Å²) in [6.45, 7) is 3.97. The Morgan fingerprint density at radius 2 is 2.00 bits per heavy atom. The molecule has 2 saturated heterocycles. The molecule has 2 aliphatic heterocycles. The number of aromatic nitrogens is 1. The van der Waals surface area contributed by atoms with Crippen molar-refractivity contribution in [2.24, 2.45) is 11.8 Å². The van der Waals surface area contributed by atoms with E-state index in [9.17, 15) is 0 Å². The minimum Gasteiger partial charge on any atom is -0.397 e. The third-order valence-electron chi connectivity index (χ3n) is 3.34. The van der Waals surface area contributed by atoms with E-state index in [2.05, 4.69) is 9.88 Å². The Morgan fingerprint density at radius 3 is 2.60 bits per heavy atom. The zero-order chi connectivity index (χ0) is 10.3. The summed E-state index contributed by atoms with van der Waals surface area (Å²) in [5.41, 5.74) is 6.34. The van der Waals surface area contributed by atoms with Crippen LogP contribution in [0.4, 0.5) is 11.5 Å². The van der Waals surface area contributed by atoms with Gasteiger partial charge in [-0.05, 0) is 12.1 Å². The third kappa shape index (κ3) is 1.55. The highest BCUT2D eigenvalue weighted by atomic mass is 16.5. The van der Waals surface area contributed by atoms with Crippen LogP contribution in [0.25, 0.3) is 0 Å². The lowest BCUT2D eigenvalue weighted by molar-refractivity contribution is 0.177. The van der Waals surface area contributed by atoms with E-state index in [0.717, 1.165) is 37.8 Å². The Morgan fingerprint density at radius 1 is 1.27 bits per heavy atom. The highest BCUT2D eigenvalue weighted by Crippen LogP contribution is 2.31. The van der Waals surface area contributed by atoms with E-state index in [1.165, 1.54) is 0 Å². The van der Waals surface area contributed by atoms with Crippen LogP contribution in [0.3, 0.4) is 0 Å². The van der Waals surface area contributed by atoms with E-state index < -0.39 is 0 Å². The van der Waals surface area contributed by atoms with E-state index in [0.29, 0.717) is 11.8 Å². The van der Waals surface area contributed by atoms with Crippen LogP contribution in [0.5, 0.6) is 0 Å².